The van der Waals surface area contributed by atoms with Gasteiger partial charge in [0, 0.05) is 5.69 Å². The Labute approximate surface area is 162 Å². The van der Waals surface area contributed by atoms with Crippen LogP contribution in [0.5, 0.6) is 5.75 Å². The summed E-state index contributed by atoms with van der Waals surface area (Å²) in [6.45, 7) is 2.08. The van der Waals surface area contributed by atoms with Crippen LogP contribution >= 0.6 is 11.5 Å². The summed E-state index contributed by atoms with van der Waals surface area (Å²) in [6, 6.07) is 26.5. The van der Waals surface area contributed by atoms with Crippen molar-refractivity contribution in [2.75, 3.05) is 12.4 Å². The first kappa shape index (κ1) is 17.2. The topological polar surface area (TPSA) is 38.0 Å². The second-order valence-electron chi connectivity index (χ2n) is 6.16. The summed E-state index contributed by atoms with van der Waals surface area (Å²) in [5.41, 5.74) is 4.26. The Balaban J connectivity index is 1.81. The van der Waals surface area contributed by atoms with Crippen molar-refractivity contribution in [3.8, 4) is 22.8 Å². The summed E-state index contributed by atoms with van der Waals surface area (Å²) in [4.78, 5) is 4.86. The molecule has 4 aromatic rings. The van der Waals surface area contributed by atoms with Crippen molar-refractivity contribution in [3.05, 3.63) is 84.4 Å². The maximum Gasteiger partial charge on any atom is 0.350 e. The van der Waals surface area contributed by atoms with Crippen LogP contribution in [0.3, 0.4) is 0 Å². The van der Waals surface area contributed by atoms with E-state index in [9.17, 15) is 0 Å². The van der Waals surface area contributed by atoms with E-state index in [0.717, 1.165) is 33.6 Å². The Bertz CT molecular complexity index is 1040. The van der Waals surface area contributed by atoms with Crippen LogP contribution in [0.2, 0.25) is 0 Å². The van der Waals surface area contributed by atoms with Gasteiger partial charge in [-0.3, -0.25) is 0 Å². The molecule has 0 saturated heterocycles. The number of hydrogen-bond donors (Lipinski definition) is 1. The molecule has 1 N–H and O–H groups in total. The molecule has 0 spiro atoms. The molecule has 0 aliphatic heterocycles. The van der Waals surface area contributed by atoms with Gasteiger partial charge in [-0.1, -0.05) is 48.0 Å². The van der Waals surface area contributed by atoms with Crippen LogP contribution in [-0.2, 0) is 0 Å². The zero-order valence-corrected chi connectivity index (χ0v) is 16.0. The average Bonchev–Trinajstić information content (AvgIpc) is 3.14. The third kappa shape index (κ3) is 3.68. The van der Waals surface area contributed by atoms with Gasteiger partial charge in [-0.2, -0.15) is 0 Å². The minimum atomic E-state index is 0.810. The molecule has 0 unspecified atom stereocenters. The van der Waals surface area contributed by atoms with Gasteiger partial charge in [0.05, 0.1) is 12.7 Å². The van der Waals surface area contributed by atoms with Crippen molar-refractivity contribution in [2.24, 2.45) is 0 Å². The van der Waals surface area contributed by atoms with Crippen molar-refractivity contribution in [1.29, 1.82) is 0 Å². The zero-order valence-electron chi connectivity index (χ0n) is 15.2. The zero-order chi connectivity index (χ0) is 18.6. The lowest BCUT2D eigenvalue weighted by atomic mass is 10.2. The Morgan fingerprint density at radius 2 is 1.59 bits per heavy atom. The van der Waals surface area contributed by atoms with Gasteiger partial charge in [0.25, 0.3) is 0 Å². The highest BCUT2D eigenvalue weighted by molar-refractivity contribution is 7.06. The normalized spacial score (nSPS) is 10.6. The third-order valence-electron chi connectivity index (χ3n) is 4.22. The molecular weight excluding hydrogens is 354 g/mol. The highest BCUT2D eigenvalue weighted by Gasteiger charge is 2.26. The maximum absolute atomic E-state index is 5.57. The van der Waals surface area contributed by atoms with E-state index in [2.05, 4.69) is 52.6 Å². The number of benzene rings is 3. The summed E-state index contributed by atoms with van der Waals surface area (Å²) in [5, 5.41) is 4.24. The van der Waals surface area contributed by atoms with E-state index in [1.807, 2.05) is 42.5 Å². The SMILES string of the molecule is COc1ccccc1-[n+]1sc(Nc2ccc(C)cc2)nc1-c1ccccc1. The molecule has 4 rings (SSSR count). The molecule has 5 heteroatoms. The third-order valence-corrected chi connectivity index (χ3v) is 5.13. The molecule has 0 saturated carbocycles. The Hall–Kier alpha value is -3.18. The standard InChI is InChI=1S/C22H19N3OS/c1-16-12-14-18(15-13-16)23-22-24-21(17-8-4-3-5-9-17)25(27-22)19-10-6-7-11-20(19)26-2/h3-15H,1-2H3/p+1. The fourth-order valence-electron chi connectivity index (χ4n) is 2.83. The number of anilines is 2. The van der Waals surface area contributed by atoms with Crippen LogP contribution < -0.4 is 14.0 Å². The highest BCUT2D eigenvalue weighted by atomic mass is 32.1. The van der Waals surface area contributed by atoms with Crippen molar-refractivity contribution < 1.29 is 8.69 Å². The molecule has 27 heavy (non-hydrogen) atoms. The van der Waals surface area contributed by atoms with E-state index in [1.165, 1.54) is 5.56 Å². The predicted octanol–water partition coefficient (Wildman–Crippen LogP) is 5.15. The minimum Gasteiger partial charge on any atom is -0.492 e. The Morgan fingerprint density at radius 3 is 2.33 bits per heavy atom. The number of para-hydroxylation sites is 2. The predicted molar refractivity (Wildman–Crippen MR) is 110 cm³/mol. The van der Waals surface area contributed by atoms with Gasteiger partial charge in [0.2, 0.25) is 0 Å². The van der Waals surface area contributed by atoms with Crippen LogP contribution in [0.25, 0.3) is 17.1 Å². The van der Waals surface area contributed by atoms with Crippen molar-refractivity contribution >= 4 is 22.4 Å². The summed E-state index contributed by atoms with van der Waals surface area (Å²) in [7, 11) is 1.69. The fourth-order valence-corrected chi connectivity index (χ4v) is 3.78. The number of methoxy groups -OCH3 is 1. The summed E-state index contributed by atoms with van der Waals surface area (Å²) in [5.74, 6) is 1.69. The molecule has 0 bridgehead atoms. The van der Waals surface area contributed by atoms with Crippen molar-refractivity contribution in [3.63, 3.8) is 0 Å². The van der Waals surface area contributed by atoms with Gasteiger partial charge in [-0.15, -0.1) is 3.96 Å². The Morgan fingerprint density at radius 1 is 0.889 bits per heavy atom. The lowest BCUT2D eigenvalue weighted by molar-refractivity contribution is -0.510. The van der Waals surface area contributed by atoms with E-state index in [4.69, 9.17) is 9.72 Å². The minimum absolute atomic E-state index is 0.810. The number of aromatic nitrogens is 2. The first-order valence-corrected chi connectivity index (χ1v) is 9.48. The van der Waals surface area contributed by atoms with Gasteiger partial charge in [0.15, 0.2) is 11.4 Å². The molecule has 1 aromatic heterocycles. The molecule has 4 nitrogen and oxygen atoms in total. The summed E-state index contributed by atoms with van der Waals surface area (Å²) in [6.07, 6.45) is 0. The van der Waals surface area contributed by atoms with E-state index in [1.54, 1.807) is 18.6 Å². The van der Waals surface area contributed by atoms with Gasteiger partial charge in [0.1, 0.15) is 11.5 Å². The van der Waals surface area contributed by atoms with Crippen molar-refractivity contribution in [1.82, 2.24) is 4.98 Å². The average molecular weight is 374 g/mol. The van der Waals surface area contributed by atoms with E-state index in [0.29, 0.717) is 0 Å². The number of rotatable bonds is 5. The molecule has 0 atom stereocenters. The van der Waals surface area contributed by atoms with Gasteiger partial charge in [-0.05, 0) is 48.3 Å². The summed E-state index contributed by atoms with van der Waals surface area (Å²) >= 11 is 1.55. The molecule has 1 heterocycles. The largest absolute Gasteiger partial charge is 0.492 e. The highest BCUT2D eigenvalue weighted by Crippen LogP contribution is 2.27. The number of ether oxygens (including phenoxy) is 1. The molecule has 3 aromatic carbocycles. The Kier molecular flexibility index (Phi) is 4.85. The smallest absolute Gasteiger partial charge is 0.350 e. The molecule has 0 aliphatic rings. The van der Waals surface area contributed by atoms with Gasteiger partial charge < -0.3 is 10.1 Å². The quantitative estimate of drug-likeness (QED) is 0.491. The van der Waals surface area contributed by atoms with E-state index < -0.39 is 0 Å². The second kappa shape index (κ2) is 7.60. The number of hydrogen-bond acceptors (Lipinski definition) is 4. The second-order valence-corrected chi connectivity index (χ2v) is 7.09. The summed E-state index contributed by atoms with van der Waals surface area (Å²) < 4.78 is 7.67. The van der Waals surface area contributed by atoms with Crippen LogP contribution in [-0.4, -0.2) is 12.1 Å². The number of aryl methyl sites for hydroxylation is 1. The van der Waals surface area contributed by atoms with Crippen LogP contribution in [0, 0.1) is 6.92 Å². The molecule has 0 aliphatic carbocycles. The van der Waals surface area contributed by atoms with Crippen molar-refractivity contribution in [2.45, 2.75) is 6.92 Å². The lowest BCUT2D eigenvalue weighted by Gasteiger charge is -2.04. The number of nitrogens with zero attached hydrogens (tertiary/aromatic N) is 2. The van der Waals surface area contributed by atoms with E-state index in [-0.39, 0.29) is 0 Å². The molecule has 0 radical (unpaired) electrons. The lowest BCUT2D eigenvalue weighted by Crippen LogP contribution is -2.28. The monoisotopic (exact) mass is 374 g/mol. The fraction of sp³-hybridized carbons (Fsp3) is 0.0909. The van der Waals surface area contributed by atoms with Gasteiger partial charge in [-0.25, -0.2) is 0 Å². The number of nitrogens with one attached hydrogen (secondary N) is 1. The maximum atomic E-state index is 5.57. The van der Waals surface area contributed by atoms with Gasteiger partial charge >= 0.3 is 11.0 Å². The molecule has 0 fully saturated rings. The molecular formula is C22H20N3OS+. The molecule has 134 valence electrons. The first-order valence-electron chi connectivity index (χ1n) is 8.70. The van der Waals surface area contributed by atoms with Crippen LogP contribution in [0.15, 0.2) is 78.9 Å². The van der Waals surface area contributed by atoms with Crippen LogP contribution in [0.1, 0.15) is 5.56 Å². The van der Waals surface area contributed by atoms with Crippen LogP contribution in [0.4, 0.5) is 10.8 Å². The van der Waals surface area contributed by atoms with E-state index >= 15 is 0 Å². The first-order chi connectivity index (χ1) is 13.2. The molecule has 0 amide bonds.